The lowest BCUT2D eigenvalue weighted by atomic mass is 10.1. The molecule has 0 aliphatic heterocycles. The first-order chi connectivity index (χ1) is 21.2. The second kappa shape index (κ2) is 11.6. The van der Waals surface area contributed by atoms with E-state index in [0.29, 0.717) is 40.4 Å². The van der Waals surface area contributed by atoms with Gasteiger partial charge in [0.2, 0.25) is 0 Å². The molecule has 6 aromatic rings. The highest BCUT2D eigenvalue weighted by Gasteiger charge is 2.26. The number of nitrogens with one attached hydrogen (secondary N) is 1. The van der Waals surface area contributed by atoms with Crippen molar-refractivity contribution in [1.82, 2.24) is 24.5 Å². The molecule has 0 fully saturated rings. The van der Waals surface area contributed by atoms with Crippen LogP contribution in [0.5, 0.6) is 17.5 Å². The van der Waals surface area contributed by atoms with Gasteiger partial charge in [0.1, 0.15) is 29.2 Å². The van der Waals surface area contributed by atoms with E-state index in [-0.39, 0.29) is 34.4 Å². The van der Waals surface area contributed by atoms with Gasteiger partial charge < -0.3 is 25.1 Å². The van der Waals surface area contributed by atoms with Crippen molar-refractivity contribution >= 4 is 22.5 Å². The number of ether oxygens (including phenoxy) is 2. The van der Waals surface area contributed by atoms with Crippen LogP contribution in [-0.2, 0) is 6.54 Å². The minimum absolute atomic E-state index is 0.0240. The van der Waals surface area contributed by atoms with Gasteiger partial charge in [-0.15, -0.1) is 0 Å². The van der Waals surface area contributed by atoms with E-state index in [1.54, 1.807) is 33.1 Å². The molecule has 3 aromatic heterocycles. The zero-order valence-corrected chi connectivity index (χ0v) is 23.9. The highest BCUT2D eigenvalue weighted by molar-refractivity contribution is 5.97. The molecule has 0 aliphatic rings. The Balaban J connectivity index is 1.52. The monoisotopic (exact) mass is 597 g/mol. The van der Waals surface area contributed by atoms with Gasteiger partial charge in [-0.05, 0) is 61.9 Å². The summed E-state index contributed by atoms with van der Waals surface area (Å²) >= 11 is 0. The Morgan fingerprint density at radius 2 is 1.64 bits per heavy atom. The van der Waals surface area contributed by atoms with Crippen LogP contribution in [0.4, 0.5) is 24.7 Å². The summed E-state index contributed by atoms with van der Waals surface area (Å²) in [4.78, 5) is 17.1. The van der Waals surface area contributed by atoms with E-state index < -0.39 is 17.5 Å². The SMILES string of the molecule is COc1ccc(CNc2ncnc3c(C)c(-c4c(F)cc(N)cc4F)n(-c4ccc(Oc5nccc(C)n5)c(F)c4)c23)cc1. The average molecular weight is 598 g/mol. The third kappa shape index (κ3) is 5.33. The lowest BCUT2D eigenvalue weighted by molar-refractivity contribution is 0.410. The van der Waals surface area contributed by atoms with E-state index in [9.17, 15) is 0 Å². The van der Waals surface area contributed by atoms with Gasteiger partial charge in [-0.25, -0.2) is 33.1 Å². The van der Waals surface area contributed by atoms with Crippen LogP contribution >= 0.6 is 0 Å². The predicted octanol–water partition coefficient (Wildman–Crippen LogP) is 6.91. The lowest BCUT2D eigenvalue weighted by Gasteiger charge is -2.16. The highest BCUT2D eigenvalue weighted by atomic mass is 19.1. The zero-order valence-electron chi connectivity index (χ0n) is 23.9. The fraction of sp³-hybridized carbons (Fsp3) is 0.125. The number of aryl methyl sites for hydroxylation is 2. The maximum Gasteiger partial charge on any atom is 0.322 e. The molecule has 0 radical (unpaired) electrons. The van der Waals surface area contributed by atoms with E-state index in [2.05, 4.69) is 25.3 Å². The number of nitrogens with zero attached hydrogens (tertiary/aromatic N) is 5. The largest absolute Gasteiger partial charge is 0.497 e. The van der Waals surface area contributed by atoms with Crippen LogP contribution in [0.15, 0.2) is 73.2 Å². The number of nitrogen functional groups attached to an aromatic ring is 1. The fourth-order valence-corrected chi connectivity index (χ4v) is 4.98. The quantitative estimate of drug-likeness (QED) is 0.182. The summed E-state index contributed by atoms with van der Waals surface area (Å²) in [5.41, 5.74) is 8.49. The molecule has 3 heterocycles. The van der Waals surface area contributed by atoms with Gasteiger partial charge >= 0.3 is 6.01 Å². The molecule has 0 unspecified atom stereocenters. The Morgan fingerprint density at radius 3 is 2.32 bits per heavy atom. The van der Waals surface area contributed by atoms with Crippen molar-refractivity contribution in [3.05, 3.63) is 107 Å². The van der Waals surface area contributed by atoms with E-state index in [4.69, 9.17) is 15.2 Å². The molecule has 222 valence electrons. The molecule has 6 rings (SSSR count). The first-order valence-electron chi connectivity index (χ1n) is 13.5. The summed E-state index contributed by atoms with van der Waals surface area (Å²) in [6.07, 6.45) is 2.86. The van der Waals surface area contributed by atoms with Crippen LogP contribution in [0.1, 0.15) is 16.8 Å². The molecule has 0 saturated carbocycles. The number of halogens is 3. The van der Waals surface area contributed by atoms with E-state index in [1.165, 1.54) is 29.2 Å². The number of aromatic nitrogens is 5. The first-order valence-corrected chi connectivity index (χ1v) is 13.5. The summed E-state index contributed by atoms with van der Waals surface area (Å²) in [6.45, 7) is 3.80. The molecule has 3 aromatic carbocycles. The third-order valence-corrected chi connectivity index (χ3v) is 7.05. The van der Waals surface area contributed by atoms with Crippen molar-refractivity contribution < 1.29 is 22.6 Å². The molecule has 3 N–H and O–H groups in total. The molecular weight excluding hydrogens is 571 g/mol. The number of rotatable bonds is 8. The van der Waals surface area contributed by atoms with Crippen molar-refractivity contribution in [1.29, 1.82) is 0 Å². The number of nitrogens with two attached hydrogens (primary N) is 1. The molecule has 0 amide bonds. The number of hydrogen-bond acceptors (Lipinski definition) is 8. The zero-order chi connectivity index (χ0) is 31.0. The minimum Gasteiger partial charge on any atom is -0.497 e. The first kappa shape index (κ1) is 28.5. The number of benzene rings is 3. The van der Waals surface area contributed by atoms with E-state index in [1.807, 2.05) is 24.3 Å². The maximum absolute atomic E-state index is 15.6. The maximum atomic E-state index is 15.6. The van der Waals surface area contributed by atoms with Crippen LogP contribution < -0.4 is 20.5 Å². The molecule has 0 spiro atoms. The highest BCUT2D eigenvalue weighted by Crippen LogP contribution is 2.41. The number of methoxy groups -OCH3 is 1. The van der Waals surface area contributed by atoms with Gasteiger partial charge in [0.05, 0.1) is 23.9 Å². The summed E-state index contributed by atoms with van der Waals surface area (Å²) in [5.74, 6) is -1.57. The van der Waals surface area contributed by atoms with Crippen LogP contribution in [0.3, 0.4) is 0 Å². The van der Waals surface area contributed by atoms with Crippen molar-refractivity contribution in [2.45, 2.75) is 20.4 Å². The van der Waals surface area contributed by atoms with E-state index in [0.717, 1.165) is 17.7 Å². The van der Waals surface area contributed by atoms with Gasteiger partial charge in [-0.1, -0.05) is 12.1 Å². The summed E-state index contributed by atoms with van der Waals surface area (Å²) in [7, 11) is 1.59. The van der Waals surface area contributed by atoms with Crippen LogP contribution in [-0.4, -0.2) is 31.6 Å². The second-order valence-electron chi connectivity index (χ2n) is 9.99. The van der Waals surface area contributed by atoms with Crippen molar-refractivity contribution in [2.75, 3.05) is 18.2 Å². The molecular formula is C32H26F3N7O2. The summed E-state index contributed by atoms with van der Waals surface area (Å²) < 4.78 is 58.8. The van der Waals surface area contributed by atoms with Crippen LogP contribution in [0.25, 0.3) is 28.0 Å². The Kier molecular flexibility index (Phi) is 7.48. The third-order valence-electron chi connectivity index (χ3n) is 7.05. The fourth-order valence-electron chi connectivity index (χ4n) is 4.98. The number of fused-ring (bicyclic) bond motifs is 1. The summed E-state index contributed by atoms with van der Waals surface area (Å²) in [6, 6.07) is 15.3. The van der Waals surface area contributed by atoms with Gasteiger partial charge in [0, 0.05) is 41.4 Å². The molecule has 0 atom stereocenters. The van der Waals surface area contributed by atoms with Crippen molar-refractivity contribution in [2.24, 2.45) is 0 Å². The molecule has 44 heavy (non-hydrogen) atoms. The van der Waals surface area contributed by atoms with Crippen LogP contribution in [0.2, 0.25) is 0 Å². The second-order valence-corrected chi connectivity index (χ2v) is 9.99. The van der Waals surface area contributed by atoms with E-state index >= 15 is 13.2 Å². The number of anilines is 2. The predicted molar refractivity (Wildman–Crippen MR) is 160 cm³/mol. The van der Waals surface area contributed by atoms with Gasteiger partial charge in [-0.3, -0.25) is 0 Å². The molecule has 0 saturated heterocycles. The van der Waals surface area contributed by atoms with Gasteiger partial charge in [-0.2, -0.15) is 0 Å². The van der Waals surface area contributed by atoms with Crippen LogP contribution in [0, 0.1) is 31.3 Å². The topological polar surface area (TPSA) is 113 Å². The standard InChI is InChI=1S/C32H26F3N7O2/c1-17-10-11-37-32(41-17)44-26-9-6-21(14-23(26)33)42-29(27-24(34)12-20(36)13-25(27)35)18(2)28-30(42)31(40-16-39-28)38-15-19-4-7-22(43-3)8-5-19/h4-14,16H,15,36H2,1-3H3,(H,38,39,40). The van der Waals surface area contributed by atoms with Gasteiger partial charge in [0.25, 0.3) is 0 Å². The Hall–Kier alpha value is -5.65. The Bertz CT molecular complexity index is 1990. The normalized spacial score (nSPS) is 11.1. The molecule has 0 bridgehead atoms. The van der Waals surface area contributed by atoms with Crippen molar-refractivity contribution in [3.8, 4) is 34.5 Å². The molecule has 9 nitrogen and oxygen atoms in total. The Morgan fingerprint density at radius 1 is 0.886 bits per heavy atom. The Labute approximate surface area is 250 Å². The summed E-state index contributed by atoms with van der Waals surface area (Å²) in [5, 5.41) is 3.29. The number of hydrogen-bond donors (Lipinski definition) is 2. The smallest absolute Gasteiger partial charge is 0.322 e. The van der Waals surface area contributed by atoms with Crippen molar-refractivity contribution in [3.63, 3.8) is 0 Å². The average Bonchev–Trinajstić information content (AvgIpc) is 3.29. The lowest BCUT2D eigenvalue weighted by Crippen LogP contribution is -2.07. The molecule has 12 heteroatoms. The molecule has 0 aliphatic carbocycles. The minimum atomic E-state index is -0.882. The van der Waals surface area contributed by atoms with Gasteiger partial charge in [0.15, 0.2) is 17.4 Å².